The zero-order valence-corrected chi connectivity index (χ0v) is 10.9. The van der Waals surface area contributed by atoms with Crippen LogP contribution in [-0.4, -0.2) is 8.80 Å². The topological polar surface area (TPSA) is 0 Å². The second-order valence-corrected chi connectivity index (χ2v) is 6.99. The average molecular weight is 225 g/mol. The van der Waals surface area contributed by atoms with Crippen molar-refractivity contribution in [3.63, 3.8) is 0 Å². The van der Waals surface area contributed by atoms with Gasteiger partial charge in [-0.25, -0.2) is 0 Å². The van der Waals surface area contributed by atoms with Crippen molar-refractivity contribution in [2.24, 2.45) is 0 Å². The van der Waals surface area contributed by atoms with E-state index in [9.17, 15) is 0 Å². The zero-order chi connectivity index (χ0) is 11.4. The van der Waals surface area contributed by atoms with E-state index in [0.717, 1.165) is 0 Å². The van der Waals surface area contributed by atoms with Crippen molar-refractivity contribution in [1.29, 1.82) is 0 Å². The zero-order valence-electron chi connectivity index (χ0n) is 9.85. The monoisotopic (exact) mass is 225 g/mol. The van der Waals surface area contributed by atoms with Crippen LogP contribution in [-0.2, 0) is 0 Å². The molecule has 0 aromatic heterocycles. The highest BCUT2D eigenvalue weighted by Crippen LogP contribution is 2.17. The van der Waals surface area contributed by atoms with E-state index in [1.807, 2.05) is 0 Å². The minimum absolute atomic E-state index is 0.497. The van der Waals surface area contributed by atoms with Gasteiger partial charge < -0.3 is 0 Å². The summed E-state index contributed by atoms with van der Waals surface area (Å²) in [6, 6.07) is 21.7. The highest BCUT2D eigenvalue weighted by molar-refractivity contribution is 6.73. The standard InChI is InChI=1S/C15H17Si/c1-13(14-9-5-3-6-10-14)16(2)15-11-7-4-8-12-15/h3-13H,1-2H3. The molecule has 2 aromatic carbocycles. The predicted molar refractivity (Wildman–Crippen MR) is 72.6 cm³/mol. The Bertz CT molecular complexity index is 378. The van der Waals surface area contributed by atoms with Gasteiger partial charge in [-0.2, -0.15) is 0 Å². The van der Waals surface area contributed by atoms with Gasteiger partial charge in [-0.05, 0) is 11.1 Å². The highest BCUT2D eigenvalue weighted by atomic mass is 28.3. The van der Waals surface area contributed by atoms with E-state index in [-0.39, 0.29) is 0 Å². The SMILES string of the molecule is CC(c1ccccc1)[Si](C)c1ccccc1. The first-order valence-electron chi connectivity index (χ1n) is 5.73. The van der Waals surface area contributed by atoms with Gasteiger partial charge in [-0.15, -0.1) is 0 Å². The quantitative estimate of drug-likeness (QED) is 0.703. The molecule has 0 N–H and O–H groups in total. The van der Waals surface area contributed by atoms with Crippen molar-refractivity contribution in [2.45, 2.75) is 19.0 Å². The Morgan fingerprint density at radius 2 is 1.31 bits per heavy atom. The average Bonchev–Trinajstić information content (AvgIpc) is 2.39. The van der Waals surface area contributed by atoms with Gasteiger partial charge in [0.25, 0.3) is 0 Å². The van der Waals surface area contributed by atoms with Crippen LogP contribution in [0.2, 0.25) is 6.55 Å². The highest BCUT2D eigenvalue weighted by Gasteiger charge is 2.17. The molecule has 1 radical (unpaired) electrons. The lowest BCUT2D eigenvalue weighted by atomic mass is 10.2. The molecule has 0 saturated heterocycles. The maximum Gasteiger partial charge on any atom is 0.0899 e. The third kappa shape index (κ3) is 2.42. The van der Waals surface area contributed by atoms with Crippen LogP contribution < -0.4 is 5.19 Å². The van der Waals surface area contributed by atoms with Crippen LogP contribution in [0.4, 0.5) is 0 Å². The first kappa shape index (κ1) is 11.2. The largest absolute Gasteiger partial charge is 0.0899 e. The Hall–Kier alpha value is -1.34. The summed E-state index contributed by atoms with van der Waals surface area (Å²) in [5.74, 6) is 0. The molecule has 1 atom stereocenters. The molecular weight excluding hydrogens is 208 g/mol. The second kappa shape index (κ2) is 5.13. The third-order valence-electron chi connectivity index (χ3n) is 3.18. The fourth-order valence-corrected chi connectivity index (χ4v) is 3.85. The molecule has 0 nitrogen and oxygen atoms in total. The van der Waals surface area contributed by atoms with Gasteiger partial charge in [0.05, 0.1) is 8.80 Å². The Labute approximate surface area is 99.6 Å². The van der Waals surface area contributed by atoms with Gasteiger partial charge in [-0.3, -0.25) is 0 Å². The van der Waals surface area contributed by atoms with E-state index in [4.69, 9.17) is 0 Å². The molecule has 16 heavy (non-hydrogen) atoms. The van der Waals surface area contributed by atoms with E-state index in [1.165, 1.54) is 10.8 Å². The molecule has 0 bridgehead atoms. The Morgan fingerprint density at radius 1 is 0.812 bits per heavy atom. The molecule has 1 unspecified atom stereocenters. The Balaban J connectivity index is 2.20. The van der Waals surface area contributed by atoms with Gasteiger partial charge in [0.1, 0.15) is 0 Å². The molecule has 0 fully saturated rings. The van der Waals surface area contributed by atoms with E-state index < -0.39 is 8.80 Å². The summed E-state index contributed by atoms with van der Waals surface area (Å²) < 4.78 is 0. The lowest BCUT2D eigenvalue weighted by Crippen LogP contribution is -2.32. The molecule has 1 heteroatoms. The fraction of sp³-hybridized carbons (Fsp3) is 0.200. The molecule has 0 heterocycles. The molecule has 0 aliphatic carbocycles. The van der Waals surface area contributed by atoms with Crippen LogP contribution in [0.25, 0.3) is 0 Å². The van der Waals surface area contributed by atoms with Crippen molar-refractivity contribution in [3.05, 3.63) is 66.2 Å². The summed E-state index contributed by atoms with van der Waals surface area (Å²) in [7, 11) is -0.497. The Kier molecular flexibility index (Phi) is 3.57. The summed E-state index contributed by atoms with van der Waals surface area (Å²) in [6.45, 7) is 4.74. The smallest absolute Gasteiger partial charge is 0.0664 e. The minimum Gasteiger partial charge on any atom is -0.0664 e. The number of hydrogen-bond acceptors (Lipinski definition) is 0. The van der Waals surface area contributed by atoms with Gasteiger partial charge in [0.15, 0.2) is 0 Å². The molecule has 0 spiro atoms. The van der Waals surface area contributed by atoms with Gasteiger partial charge in [-0.1, -0.05) is 79.3 Å². The number of benzene rings is 2. The maximum atomic E-state index is 2.40. The number of rotatable bonds is 3. The van der Waals surface area contributed by atoms with Gasteiger partial charge in [0, 0.05) is 0 Å². The van der Waals surface area contributed by atoms with E-state index >= 15 is 0 Å². The molecule has 2 rings (SSSR count). The third-order valence-corrected chi connectivity index (χ3v) is 6.05. The Morgan fingerprint density at radius 3 is 1.88 bits per heavy atom. The van der Waals surface area contributed by atoms with Crippen molar-refractivity contribution < 1.29 is 0 Å². The summed E-state index contributed by atoms with van der Waals surface area (Å²) in [6.07, 6.45) is 0. The first-order chi connectivity index (χ1) is 7.79. The lowest BCUT2D eigenvalue weighted by Gasteiger charge is -2.18. The number of hydrogen-bond donors (Lipinski definition) is 0. The fourth-order valence-electron chi connectivity index (χ4n) is 1.94. The van der Waals surface area contributed by atoms with E-state index in [0.29, 0.717) is 5.54 Å². The first-order valence-corrected chi connectivity index (χ1v) is 7.80. The van der Waals surface area contributed by atoms with Crippen LogP contribution in [0.15, 0.2) is 60.7 Å². The molecule has 0 aliphatic rings. The van der Waals surface area contributed by atoms with Gasteiger partial charge in [0.2, 0.25) is 0 Å². The maximum absolute atomic E-state index is 2.40. The van der Waals surface area contributed by atoms with Crippen LogP contribution in [0.1, 0.15) is 18.0 Å². The van der Waals surface area contributed by atoms with Crippen LogP contribution in [0.5, 0.6) is 0 Å². The second-order valence-electron chi connectivity index (χ2n) is 4.18. The normalized spacial score (nSPS) is 12.7. The molecule has 0 saturated carbocycles. The molecule has 0 amide bonds. The van der Waals surface area contributed by atoms with Crippen molar-refractivity contribution in [1.82, 2.24) is 0 Å². The summed E-state index contributed by atoms with van der Waals surface area (Å²) in [4.78, 5) is 0. The van der Waals surface area contributed by atoms with Gasteiger partial charge >= 0.3 is 0 Å². The van der Waals surface area contributed by atoms with Crippen LogP contribution in [0.3, 0.4) is 0 Å². The lowest BCUT2D eigenvalue weighted by molar-refractivity contribution is 1.05. The summed E-state index contributed by atoms with van der Waals surface area (Å²) in [5, 5.41) is 1.52. The summed E-state index contributed by atoms with van der Waals surface area (Å²) in [5.41, 5.74) is 2.12. The van der Waals surface area contributed by atoms with Crippen LogP contribution in [0, 0.1) is 0 Å². The molecule has 81 valence electrons. The predicted octanol–water partition coefficient (Wildman–Crippen LogP) is 3.36. The van der Waals surface area contributed by atoms with Crippen molar-refractivity contribution in [3.8, 4) is 0 Å². The van der Waals surface area contributed by atoms with E-state index in [1.54, 1.807) is 0 Å². The molecular formula is C15H17Si. The van der Waals surface area contributed by atoms with E-state index in [2.05, 4.69) is 74.1 Å². The minimum atomic E-state index is -0.497. The van der Waals surface area contributed by atoms with Crippen molar-refractivity contribution >= 4 is 14.0 Å². The van der Waals surface area contributed by atoms with Crippen molar-refractivity contribution in [2.75, 3.05) is 0 Å². The molecule has 0 aliphatic heterocycles. The van der Waals surface area contributed by atoms with Crippen LogP contribution >= 0.6 is 0 Å². The molecule has 2 aromatic rings. The summed E-state index contributed by atoms with van der Waals surface area (Å²) >= 11 is 0.